The summed E-state index contributed by atoms with van der Waals surface area (Å²) in [5.41, 5.74) is 0. The topological polar surface area (TPSA) is 73.9 Å². The van der Waals surface area contributed by atoms with E-state index in [1.54, 1.807) is 30.3 Å². The second-order valence-electron chi connectivity index (χ2n) is 3.46. The van der Waals surface area contributed by atoms with Crippen LogP contribution < -0.4 is 9.61 Å². The zero-order valence-corrected chi connectivity index (χ0v) is 11.3. The molecule has 18 heavy (non-hydrogen) atoms. The van der Waals surface area contributed by atoms with Crippen LogP contribution in [0.1, 0.15) is 6.92 Å². The van der Waals surface area contributed by atoms with Crippen molar-refractivity contribution in [2.24, 2.45) is 0 Å². The standard InChI is InChI=1S/C11H16NO5P/c1-9(11(13)15-2)12-18(14,16-3)17-10-7-5-4-6-8-10/h4-9H,1-3H3,(H,12,14)/t9-,18+/m0/s1. The van der Waals surface area contributed by atoms with Gasteiger partial charge in [-0.25, -0.2) is 4.57 Å². The van der Waals surface area contributed by atoms with E-state index >= 15 is 0 Å². The van der Waals surface area contributed by atoms with Gasteiger partial charge in [-0.05, 0) is 19.1 Å². The largest absolute Gasteiger partial charge is 0.468 e. The van der Waals surface area contributed by atoms with Crippen LogP contribution in [0.5, 0.6) is 5.75 Å². The van der Waals surface area contributed by atoms with E-state index in [2.05, 4.69) is 9.82 Å². The number of carbonyl (C=O) groups excluding carboxylic acids is 1. The van der Waals surface area contributed by atoms with Gasteiger partial charge in [0.1, 0.15) is 11.8 Å². The Morgan fingerprint density at radius 3 is 2.39 bits per heavy atom. The lowest BCUT2D eigenvalue weighted by molar-refractivity contribution is -0.142. The van der Waals surface area contributed by atoms with Crippen molar-refractivity contribution in [3.05, 3.63) is 30.3 Å². The maximum absolute atomic E-state index is 12.2. The SMILES string of the molecule is COC(=O)[C@H](C)N[P@@](=O)(OC)Oc1ccccc1. The summed E-state index contributed by atoms with van der Waals surface area (Å²) in [6.07, 6.45) is 0. The van der Waals surface area contributed by atoms with E-state index < -0.39 is 19.8 Å². The molecule has 1 N–H and O–H groups in total. The molecular weight excluding hydrogens is 257 g/mol. The minimum Gasteiger partial charge on any atom is -0.468 e. The highest BCUT2D eigenvalue weighted by Crippen LogP contribution is 2.43. The Morgan fingerprint density at radius 2 is 1.89 bits per heavy atom. The zero-order valence-electron chi connectivity index (χ0n) is 10.5. The quantitative estimate of drug-likeness (QED) is 0.631. The molecule has 1 aromatic carbocycles. The number of carbonyl (C=O) groups is 1. The van der Waals surface area contributed by atoms with E-state index in [-0.39, 0.29) is 0 Å². The summed E-state index contributed by atoms with van der Waals surface area (Å²) in [6.45, 7) is 1.51. The first-order valence-corrected chi connectivity index (χ1v) is 6.81. The second-order valence-corrected chi connectivity index (χ2v) is 5.26. The summed E-state index contributed by atoms with van der Waals surface area (Å²) >= 11 is 0. The minimum atomic E-state index is -3.60. The van der Waals surface area contributed by atoms with Crippen molar-refractivity contribution in [1.29, 1.82) is 0 Å². The molecular formula is C11H16NO5P. The molecule has 1 aromatic rings. The van der Waals surface area contributed by atoms with Crippen LogP contribution in [0.3, 0.4) is 0 Å². The molecule has 0 saturated carbocycles. The fourth-order valence-corrected chi connectivity index (χ4v) is 2.41. The number of rotatable bonds is 6. The number of esters is 1. The molecule has 0 aliphatic heterocycles. The van der Waals surface area contributed by atoms with Crippen LogP contribution >= 0.6 is 7.75 Å². The normalized spacial score (nSPS) is 15.5. The third-order valence-electron chi connectivity index (χ3n) is 2.12. The van der Waals surface area contributed by atoms with Gasteiger partial charge >= 0.3 is 13.7 Å². The predicted octanol–water partition coefficient (Wildman–Crippen LogP) is 1.97. The van der Waals surface area contributed by atoms with Crippen molar-refractivity contribution >= 4 is 13.7 Å². The van der Waals surface area contributed by atoms with E-state index in [0.29, 0.717) is 5.75 Å². The van der Waals surface area contributed by atoms with Gasteiger partial charge in [0.25, 0.3) is 0 Å². The Hall–Kier alpha value is -1.36. The molecule has 0 spiro atoms. The molecule has 0 saturated heterocycles. The van der Waals surface area contributed by atoms with E-state index in [1.165, 1.54) is 21.1 Å². The van der Waals surface area contributed by atoms with Crippen LogP contribution in [0.2, 0.25) is 0 Å². The second kappa shape index (κ2) is 6.54. The van der Waals surface area contributed by atoms with Crippen molar-refractivity contribution in [2.75, 3.05) is 14.2 Å². The zero-order chi connectivity index (χ0) is 13.6. The van der Waals surface area contributed by atoms with E-state index in [9.17, 15) is 9.36 Å². The van der Waals surface area contributed by atoms with Crippen molar-refractivity contribution in [2.45, 2.75) is 13.0 Å². The average Bonchev–Trinajstić information content (AvgIpc) is 2.38. The summed E-state index contributed by atoms with van der Waals surface area (Å²) in [5.74, 6) is -0.170. The van der Waals surface area contributed by atoms with Gasteiger partial charge < -0.3 is 9.26 Å². The average molecular weight is 273 g/mol. The highest BCUT2D eigenvalue weighted by Gasteiger charge is 2.30. The van der Waals surface area contributed by atoms with Crippen molar-refractivity contribution in [3.63, 3.8) is 0 Å². The Bertz CT molecular complexity index is 436. The summed E-state index contributed by atoms with van der Waals surface area (Å²) in [4.78, 5) is 11.2. The lowest BCUT2D eigenvalue weighted by Gasteiger charge is -2.20. The maximum Gasteiger partial charge on any atom is 0.459 e. The molecule has 0 aliphatic rings. The molecule has 0 bridgehead atoms. The van der Waals surface area contributed by atoms with Crippen molar-refractivity contribution in [1.82, 2.24) is 5.09 Å². The molecule has 0 radical (unpaired) electrons. The fraction of sp³-hybridized carbons (Fsp3) is 0.364. The fourth-order valence-electron chi connectivity index (χ4n) is 1.20. The number of benzene rings is 1. The van der Waals surface area contributed by atoms with Gasteiger partial charge in [-0.1, -0.05) is 18.2 Å². The predicted molar refractivity (Wildman–Crippen MR) is 66.3 cm³/mol. The lowest BCUT2D eigenvalue weighted by Crippen LogP contribution is -2.34. The highest BCUT2D eigenvalue weighted by molar-refractivity contribution is 7.52. The number of ether oxygens (including phenoxy) is 1. The van der Waals surface area contributed by atoms with Gasteiger partial charge in [-0.2, -0.15) is 5.09 Å². The van der Waals surface area contributed by atoms with Gasteiger partial charge in [-0.15, -0.1) is 0 Å². The molecule has 0 unspecified atom stereocenters. The number of nitrogens with one attached hydrogen (secondary N) is 1. The monoisotopic (exact) mass is 273 g/mol. The van der Waals surface area contributed by atoms with E-state index in [0.717, 1.165) is 0 Å². The summed E-state index contributed by atoms with van der Waals surface area (Å²) in [6, 6.07) is 7.74. The first-order chi connectivity index (χ1) is 8.50. The lowest BCUT2D eigenvalue weighted by atomic mass is 10.3. The van der Waals surface area contributed by atoms with E-state index in [4.69, 9.17) is 9.05 Å². The third-order valence-corrected chi connectivity index (χ3v) is 3.75. The van der Waals surface area contributed by atoms with Crippen LogP contribution in [0.15, 0.2) is 30.3 Å². The molecule has 1 rings (SSSR count). The van der Waals surface area contributed by atoms with Crippen molar-refractivity contribution in [3.8, 4) is 5.75 Å². The van der Waals surface area contributed by atoms with Crippen LogP contribution in [-0.2, 0) is 18.6 Å². The highest BCUT2D eigenvalue weighted by atomic mass is 31.2. The maximum atomic E-state index is 12.2. The molecule has 0 aliphatic carbocycles. The number of hydrogen-bond acceptors (Lipinski definition) is 5. The van der Waals surface area contributed by atoms with Gasteiger partial charge in [0, 0.05) is 7.11 Å². The number of para-hydroxylation sites is 1. The van der Waals surface area contributed by atoms with Crippen LogP contribution in [0.25, 0.3) is 0 Å². The summed E-state index contributed by atoms with van der Waals surface area (Å²) < 4.78 is 26.8. The Labute approximate surface area is 106 Å². The molecule has 6 nitrogen and oxygen atoms in total. The number of methoxy groups -OCH3 is 1. The Balaban J connectivity index is 2.74. The molecule has 0 heterocycles. The van der Waals surface area contributed by atoms with E-state index in [1.807, 2.05) is 0 Å². The molecule has 2 atom stereocenters. The van der Waals surface area contributed by atoms with Crippen LogP contribution in [0, 0.1) is 0 Å². The first-order valence-electron chi connectivity index (χ1n) is 5.27. The molecule has 7 heteroatoms. The minimum absolute atomic E-state index is 0.382. The van der Waals surface area contributed by atoms with Gasteiger partial charge in [0.05, 0.1) is 7.11 Å². The van der Waals surface area contributed by atoms with Crippen LogP contribution in [0.4, 0.5) is 0 Å². The van der Waals surface area contributed by atoms with Crippen molar-refractivity contribution < 1.29 is 23.1 Å². The van der Waals surface area contributed by atoms with Gasteiger partial charge in [-0.3, -0.25) is 9.32 Å². The molecule has 100 valence electrons. The Morgan fingerprint density at radius 1 is 1.28 bits per heavy atom. The van der Waals surface area contributed by atoms with Gasteiger partial charge in [0.15, 0.2) is 0 Å². The Kier molecular flexibility index (Phi) is 5.34. The van der Waals surface area contributed by atoms with Gasteiger partial charge in [0.2, 0.25) is 0 Å². The number of hydrogen-bond donors (Lipinski definition) is 1. The smallest absolute Gasteiger partial charge is 0.459 e. The summed E-state index contributed by atoms with van der Waals surface area (Å²) in [5, 5.41) is 2.48. The third kappa shape index (κ3) is 4.14. The first kappa shape index (κ1) is 14.7. The van der Waals surface area contributed by atoms with Crippen LogP contribution in [-0.4, -0.2) is 26.2 Å². The molecule has 0 aromatic heterocycles. The molecule has 0 fully saturated rings. The summed E-state index contributed by atoms with van der Waals surface area (Å²) in [7, 11) is -1.11. The molecule has 0 amide bonds.